The molecule has 1 saturated heterocycles. The quantitative estimate of drug-likeness (QED) is 0.832. The average Bonchev–Trinajstić information content (AvgIpc) is 3.01. The van der Waals surface area contributed by atoms with Crippen LogP contribution in [0.3, 0.4) is 0 Å². The van der Waals surface area contributed by atoms with E-state index in [1.54, 1.807) is 6.20 Å². The first-order valence-electron chi connectivity index (χ1n) is 7.39. The van der Waals surface area contributed by atoms with Gasteiger partial charge in [-0.05, 0) is 40.9 Å². The minimum Gasteiger partial charge on any atom is -0.335 e. The normalized spacial score (nSPS) is 21.4. The van der Waals surface area contributed by atoms with Crippen molar-refractivity contribution in [1.29, 1.82) is 0 Å². The molecule has 0 unspecified atom stereocenters. The zero-order valence-corrected chi connectivity index (χ0v) is 13.2. The van der Waals surface area contributed by atoms with Gasteiger partial charge in [-0.3, -0.25) is 9.69 Å². The van der Waals surface area contributed by atoms with Crippen LogP contribution in [0.1, 0.15) is 36.2 Å². The Morgan fingerprint density at radius 1 is 1.20 bits per heavy atom. The lowest BCUT2D eigenvalue weighted by atomic mass is 10.1. The van der Waals surface area contributed by atoms with Crippen LogP contribution < -0.4 is 0 Å². The molecule has 5 heteroatoms. The van der Waals surface area contributed by atoms with Crippen molar-refractivity contribution in [2.45, 2.75) is 31.7 Å². The Labute approximate surface area is 128 Å². The number of carbonyl (C=O) groups excluding carboxylic acids is 1. The number of nitrogens with zero attached hydrogens (tertiary/aromatic N) is 3. The van der Waals surface area contributed by atoms with Crippen molar-refractivity contribution < 1.29 is 4.79 Å². The molecule has 2 heterocycles. The lowest BCUT2D eigenvalue weighted by Gasteiger charge is -2.38. The van der Waals surface area contributed by atoms with Crippen LogP contribution in [0.5, 0.6) is 0 Å². The van der Waals surface area contributed by atoms with Gasteiger partial charge in [0.25, 0.3) is 5.91 Å². The summed E-state index contributed by atoms with van der Waals surface area (Å²) in [5.74, 6) is 0.0450. The van der Waals surface area contributed by atoms with Crippen molar-refractivity contribution in [2.75, 3.05) is 26.2 Å². The molecule has 0 N–H and O–H groups in total. The van der Waals surface area contributed by atoms with Crippen molar-refractivity contribution >= 4 is 21.8 Å². The van der Waals surface area contributed by atoms with Gasteiger partial charge in [0.15, 0.2) is 0 Å². The number of aromatic nitrogens is 1. The molecule has 108 valence electrons. The standard InChI is InChI=1S/C15H20BrN3O/c16-13-6-3-7-17-14(13)15(20)19-10-8-18(9-11-19)12-4-1-2-5-12/h3,6-7,12H,1-2,4-5,8-11H2. The van der Waals surface area contributed by atoms with Gasteiger partial charge < -0.3 is 4.90 Å². The fourth-order valence-electron chi connectivity index (χ4n) is 3.25. The maximum absolute atomic E-state index is 12.5. The number of hydrogen-bond acceptors (Lipinski definition) is 3. The summed E-state index contributed by atoms with van der Waals surface area (Å²) in [4.78, 5) is 21.2. The maximum atomic E-state index is 12.5. The summed E-state index contributed by atoms with van der Waals surface area (Å²) in [6.45, 7) is 3.64. The fourth-order valence-corrected chi connectivity index (χ4v) is 3.68. The van der Waals surface area contributed by atoms with Gasteiger partial charge in [-0.2, -0.15) is 0 Å². The molecule has 1 saturated carbocycles. The van der Waals surface area contributed by atoms with Crippen molar-refractivity contribution in [3.05, 3.63) is 28.5 Å². The van der Waals surface area contributed by atoms with E-state index in [1.807, 2.05) is 17.0 Å². The molecule has 2 aliphatic rings. The van der Waals surface area contributed by atoms with E-state index in [1.165, 1.54) is 25.7 Å². The summed E-state index contributed by atoms with van der Waals surface area (Å²) in [5.41, 5.74) is 0.529. The molecule has 2 fully saturated rings. The lowest BCUT2D eigenvalue weighted by Crippen LogP contribution is -2.51. The summed E-state index contributed by atoms with van der Waals surface area (Å²) >= 11 is 3.41. The second-order valence-electron chi connectivity index (χ2n) is 5.60. The van der Waals surface area contributed by atoms with E-state index >= 15 is 0 Å². The zero-order chi connectivity index (χ0) is 13.9. The molecular formula is C15H20BrN3O. The fraction of sp³-hybridized carbons (Fsp3) is 0.600. The van der Waals surface area contributed by atoms with Gasteiger partial charge in [0.1, 0.15) is 5.69 Å². The molecule has 1 aromatic heterocycles. The number of pyridine rings is 1. The van der Waals surface area contributed by atoms with Crippen molar-refractivity contribution in [2.24, 2.45) is 0 Å². The molecule has 0 spiro atoms. The third-order valence-electron chi connectivity index (χ3n) is 4.40. The van der Waals surface area contributed by atoms with Crippen LogP contribution >= 0.6 is 15.9 Å². The lowest BCUT2D eigenvalue weighted by molar-refractivity contribution is 0.0567. The van der Waals surface area contributed by atoms with Crippen LogP contribution in [0, 0.1) is 0 Å². The number of hydrogen-bond donors (Lipinski definition) is 0. The highest BCUT2D eigenvalue weighted by atomic mass is 79.9. The molecule has 20 heavy (non-hydrogen) atoms. The van der Waals surface area contributed by atoms with Gasteiger partial charge in [0, 0.05) is 42.9 Å². The van der Waals surface area contributed by atoms with Crippen LogP contribution in [0.25, 0.3) is 0 Å². The Morgan fingerprint density at radius 2 is 1.90 bits per heavy atom. The Bertz CT molecular complexity index is 480. The van der Waals surface area contributed by atoms with E-state index in [2.05, 4.69) is 25.8 Å². The third-order valence-corrected chi connectivity index (χ3v) is 5.04. The van der Waals surface area contributed by atoms with Crippen LogP contribution in [0.15, 0.2) is 22.8 Å². The van der Waals surface area contributed by atoms with Crippen LogP contribution in [0.2, 0.25) is 0 Å². The molecule has 3 rings (SSSR count). The van der Waals surface area contributed by atoms with Crippen molar-refractivity contribution in [3.8, 4) is 0 Å². The molecule has 1 aliphatic carbocycles. The number of amides is 1. The first-order valence-corrected chi connectivity index (χ1v) is 8.19. The molecule has 1 amide bonds. The van der Waals surface area contributed by atoms with Gasteiger partial charge in [-0.25, -0.2) is 4.98 Å². The summed E-state index contributed by atoms with van der Waals surface area (Å²) in [7, 11) is 0. The largest absolute Gasteiger partial charge is 0.335 e. The molecule has 1 aromatic rings. The van der Waals surface area contributed by atoms with Crippen LogP contribution in [0.4, 0.5) is 0 Å². The number of piperazine rings is 1. The predicted octanol–water partition coefficient (Wildman–Crippen LogP) is 2.54. The van der Waals surface area contributed by atoms with E-state index < -0.39 is 0 Å². The van der Waals surface area contributed by atoms with Gasteiger partial charge in [-0.1, -0.05) is 12.8 Å². The van der Waals surface area contributed by atoms with Gasteiger partial charge >= 0.3 is 0 Å². The second-order valence-corrected chi connectivity index (χ2v) is 6.45. The monoisotopic (exact) mass is 337 g/mol. The summed E-state index contributed by atoms with van der Waals surface area (Å²) in [6.07, 6.45) is 7.07. The smallest absolute Gasteiger partial charge is 0.273 e. The second kappa shape index (κ2) is 6.22. The van der Waals surface area contributed by atoms with E-state index in [-0.39, 0.29) is 5.91 Å². The Morgan fingerprint density at radius 3 is 2.55 bits per heavy atom. The third kappa shape index (κ3) is 2.88. The van der Waals surface area contributed by atoms with E-state index in [4.69, 9.17) is 0 Å². The average molecular weight is 338 g/mol. The molecule has 0 atom stereocenters. The van der Waals surface area contributed by atoms with E-state index in [0.717, 1.165) is 36.7 Å². The topological polar surface area (TPSA) is 36.4 Å². The zero-order valence-electron chi connectivity index (χ0n) is 11.6. The van der Waals surface area contributed by atoms with Crippen LogP contribution in [-0.2, 0) is 0 Å². The predicted molar refractivity (Wildman–Crippen MR) is 81.7 cm³/mol. The highest BCUT2D eigenvalue weighted by Gasteiger charge is 2.29. The highest BCUT2D eigenvalue weighted by molar-refractivity contribution is 9.10. The van der Waals surface area contributed by atoms with Gasteiger partial charge in [0.05, 0.1) is 0 Å². The van der Waals surface area contributed by atoms with Crippen molar-refractivity contribution in [3.63, 3.8) is 0 Å². The number of halogens is 1. The summed E-state index contributed by atoms with van der Waals surface area (Å²) in [6, 6.07) is 4.46. The molecule has 0 bridgehead atoms. The molecular weight excluding hydrogens is 318 g/mol. The van der Waals surface area contributed by atoms with Gasteiger partial charge in [-0.15, -0.1) is 0 Å². The minimum absolute atomic E-state index is 0.0450. The Hall–Kier alpha value is -0.940. The van der Waals surface area contributed by atoms with Gasteiger partial charge in [0.2, 0.25) is 0 Å². The first-order chi connectivity index (χ1) is 9.75. The minimum atomic E-state index is 0.0450. The molecule has 0 aromatic carbocycles. The number of carbonyl (C=O) groups is 1. The Balaban J connectivity index is 1.60. The highest BCUT2D eigenvalue weighted by Crippen LogP contribution is 2.25. The SMILES string of the molecule is O=C(c1ncccc1Br)N1CCN(C2CCCC2)CC1. The molecule has 4 nitrogen and oxygen atoms in total. The summed E-state index contributed by atoms with van der Waals surface area (Å²) in [5, 5.41) is 0. The maximum Gasteiger partial charge on any atom is 0.273 e. The van der Waals surface area contributed by atoms with E-state index in [9.17, 15) is 4.79 Å². The van der Waals surface area contributed by atoms with Crippen LogP contribution in [-0.4, -0.2) is 52.9 Å². The molecule has 1 aliphatic heterocycles. The summed E-state index contributed by atoms with van der Waals surface area (Å²) < 4.78 is 0.781. The first kappa shape index (κ1) is 14.0. The molecule has 0 radical (unpaired) electrons. The Kier molecular flexibility index (Phi) is 4.36. The van der Waals surface area contributed by atoms with Crippen molar-refractivity contribution in [1.82, 2.24) is 14.8 Å². The van der Waals surface area contributed by atoms with E-state index in [0.29, 0.717) is 5.69 Å². The number of rotatable bonds is 2.